The van der Waals surface area contributed by atoms with Gasteiger partial charge in [-0.3, -0.25) is 9.59 Å². The number of benzene rings is 2. The summed E-state index contributed by atoms with van der Waals surface area (Å²) in [7, 11) is -3.71. The highest BCUT2D eigenvalue weighted by Crippen LogP contribution is 2.18. The number of sulfonamides is 1. The SMILES string of the molecule is O=CN1CCN(S(=O)(=O)c2cccc(C(=O)NCc3ccccc3)c2)CC1. The molecule has 8 heteroatoms. The number of rotatable bonds is 6. The standard InChI is InChI=1S/C19H21N3O4S/c23-15-21-9-11-22(12-10-21)27(25,26)18-8-4-7-17(13-18)19(24)20-14-16-5-2-1-3-6-16/h1-8,13,15H,9-12,14H2,(H,20,24). The summed E-state index contributed by atoms with van der Waals surface area (Å²) in [6.07, 6.45) is 0.724. The molecule has 1 N–H and O–H groups in total. The highest BCUT2D eigenvalue weighted by Gasteiger charge is 2.28. The van der Waals surface area contributed by atoms with Gasteiger partial charge >= 0.3 is 0 Å². The molecule has 2 aromatic rings. The van der Waals surface area contributed by atoms with Crippen molar-refractivity contribution in [2.24, 2.45) is 0 Å². The predicted molar refractivity (Wildman–Crippen MR) is 100 cm³/mol. The molecule has 1 aliphatic heterocycles. The second-order valence-electron chi connectivity index (χ2n) is 6.24. The minimum atomic E-state index is -3.71. The van der Waals surface area contributed by atoms with Crippen LogP contribution in [0.2, 0.25) is 0 Å². The fraction of sp³-hybridized carbons (Fsp3) is 0.263. The molecular weight excluding hydrogens is 366 g/mol. The summed E-state index contributed by atoms with van der Waals surface area (Å²) in [5.74, 6) is -0.332. The quantitative estimate of drug-likeness (QED) is 0.752. The topological polar surface area (TPSA) is 86.8 Å². The molecule has 3 rings (SSSR count). The van der Waals surface area contributed by atoms with Crippen molar-refractivity contribution in [3.05, 3.63) is 65.7 Å². The molecule has 1 saturated heterocycles. The van der Waals surface area contributed by atoms with Crippen LogP contribution in [0.1, 0.15) is 15.9 Å². The Hall–Kier alpha value is -2.71. The first-order chi connectivity index (χ1) is 13.0. The summed E-state index contributed by atoms with van der Waals surface area (Å²) < 4.78 is 27.0. The lowest BCUT2D eigenvalue weighted by atomic mass is 10.2. The van der Waals surface area contributed by atoms with Crippen LogP contribution in [-0.4, -0.2) is 56.1 Å². The van der Waals surface area contributed by atoms with E-state index in [0.29, 0.717) is 25.2 Å². The summed E-state index contributed by atoms with van der Waals surface area (Å²) in [6.45, 7) is 1.57. The van der Waals surface area contributed by atoms with Crippen LogP contribution in [0.25, 0.3) is 0 Å². The number of piperazine rings is 1. The van der Waals surface area contributed by atoms with Gasteiger partial charge in [0.1, 0.15) is 0 Å². The molecule has 0 spiro atoms. The van der Waals surface area contributed by atoms with Crippen molar-refractivity contribution in [1.82, 2.24) is 14.5 Å². The Kier molecular flexibility index (Phi) is 5.88. The Morgan fingerprint density at radius 3 is 2.37 bits per heavy atom. The van der Waals surface area contributed by atoms with Crippen LogP contribution in [0.4, 0.5) is 0 Å². The molecule has 2 amide bonds. The number of nitrogens with zero attached hydrogens (tertiary/aromatic N) is 2. The highest BCUT2D eigenvalue weighted by molar-refractivity contribution is 7.89. The van der Waals surface area contributed by atoms with E-state index in [2.05, 4.69) is 5.32 Å². The van der Waals surface area contributed by atoms with E-state index in [-0.39, 0.29) is 23.9 Å². The van der Waals surface area contributed by atoms with Gasteiger partial charge in [0.25, 0.3) is 5.91 Å². The van der Waals surface area contributed by atoms with Gasteiger partial charge in [0.05, 0.1) is 4.90 Å². The summed E-state index contributed by atoms with van der Waals surface area (Å²) in [4.78, 5) is 24.8. The van der Waals surface area contributed by atoms with Crippen LogP contribution >= 0.6 is 0 Å². The van der Waals surface area contributed by atoms with Gasteiger partial charge in [-0.15, -0.1) is 0 Å². The zero-order chi connectivity index (χ0) is 19.3. The van der Waals surface area contributed by atoms with Gasteiger partial charge in [0.2, 0.25) is 16.4 Å². The van der Waals surface area contributed by atoms with Crippen molar-refractivity contribution in [1.29, 1.82) is 0 Å². The van der Waals surface area contributed by atoms with Gasteiger partial charge in [-0.2, -0.15) is 4.31 Å². The highest BCUT2D eigenvalue weighted by atomic mass is 32.2. The minimum absolute atomic E-state index is 0.0782. The molecule has 0 aromatic heterocycles. The molecule has 2 aromatic carbocycles. The van der Waals surface area contributed by atoms with E-state index in [1.54, 1.807) is 17.0 Å². The van der Waals surface area contributed by atoms with Crippen LogP contribution < -0.4 is 5.32 Å². The Balaban J connectivity index is 1.70. The molecule has 0 radical (unpaired) electrons. The van der Waals surface area contributed by atoms with E-state index in [9.17, 15) is 18.0 Å². The molecule has 0 saturated carbocycles. The summed E-state index contributed by atoms with van der Waals surface area (Å²) >= 11 is 0. The third kappa shape index (κ3) is 4.53. The second kappa shape index (κ2) is 8.32. The maximum atomic E-state index is 12.8. The first-order valence-corrected chi connectivity index (χ1v) is 10.1. The van der Waals surface area contributed by atoms with Crippen molar-refractivity contribution in [2.75, 3.05) is 26.2 Å². The number of carbonyl (C=O) groups is 2. The van der Waals surface area contributed by atoms with E-state index in [4.69, 9.17) is 0 Å². The normalized spacial score (nSPS) is 15.3. The molecule has 1 fully saturated rings. The molecule has 0 unspecified atom stereocenters. The zero-order valence-electron chi connectivity index (χ0n) is 14.7. The van der Waals surface area contributed by atoms with E-state index in [1.165, 1.54) is 16.4 Å². The van der Waals surface area contributed by atoms with Crippen LogP contribution in [0.15, 0.2) is 59.5 Å². The molecule has 0 bridgehead atoms. The number of nitrogens with one attached hydrogen (secondary N) is 1. The van der Waals surface area contributed by atoms with E-state index < -0.39 is 10.0 Å². The van der Waals surface area contributed by atoms with Crippen LogP contribution in [-0.2, 0) is 21.4 Å². The second-order valence-corrected chi connectivity index (χ2v) is 8.18. The summed E-state index contributed by atoms with van der Waals surface area (Å²) in [6, 6.07) is 15.5. The first kappa shape index (κ1) is 19.1. The summed E-state index contributed by atoms with van der Waals surface area (Å²) in [5.41, 5.74) is 1.25. The largest absolute Gasteiger partial charge is 0.348 e. The number of hydrogen-bond donors (Lipinski definition) is 1. The number of carbonyl (C=O) groups excluding carboxylic acids is 2. The molecule has 7 nitrogen and oxygen atoms in total. The zero-order valence-corrected chi connectivity index (χ0v) is 15.6. The molecule has 27 heavy (non-hydrogen) atoms. The van der Waals surface area contributed by atoms with Crippen LogP contribution in [0, 0.1) is 0 Å². The fourth-order valence-electron chi connectivity index (χ4n) is 2.88. The molecular formula is C19H21N3O4S. The predicted octanol–water partition coefficient (Wildman–Crippen LogP) is 1.08. The van der Waals surface area contributed by atoms with E-state index in [0.717, 1.165) is 12.0 Å². The Morgan fingerprint density at radius 1 is 1.00 bits per heavy atom. The van der Waals surface area contributed by atoms with Gasteiger partial charge in [-0.1, -0.05) is 36.4 Å². The van der Waals surface area contributed by atoms with Gasteiger partial charge in [-0.05, 0) is 23.8 Å². The van der Waals surface area contributed by atoms with Crippen molar-refractivity contribution in [2.45, 2.75) is 11.4 Å². The van der Waals surface area contributed by atoms with Crippen LogP contribution in [0.5, 0.6) is 0 Å². The van der Waals surface area contributed by atoms with Gasteiger partial charge in [-0.25, -0.2) is 8.42 Å². The van der Waals surface area contributed by atoms with Crippen LogP contribution in [0.3, 0.4) is 0 Å². The maximum Gasteiger partial charge on any atom is 0.251 e. The van der Waals surface area contributed by atoms with Crippen molar-refractivity contribution in [3.8, 4) is 0 Å². The fourth-order valence-corrected chi connectivity index (χ4v) is 4.35. The molecule has 0 aliphatic carbocycles. The van der Waals surface area contributed by atoms with E-state index in [1.807, 2.05) is 30.3 Å². The minimum Gasteiger partial charge on any atom is -0.348 e. The maximum absolute atomic E-state index is 12.8. The third-order valence-corrected chi connectivity index (χ3v) is 6.35. The Bertz CT molecular complexity index is 908. The Morgan fingerprint density at radius 2 is 1.70 bits per heavy atom. The van der Waals surface area contributed by atoms with Gasteiger partial charge < -0.3 is 10.2 Å². The lowest BCUT2D eigenvalue weighted by molar-refractivity contribution is -0.119. The smallest absolute Gasteiger partial charge is 0.251 e. The number of amides is 2. The molecule has 1 aliphatic rings. The van der Waals surface area contributed by atoms with Gasteiger partial charge in [0.15, 0.2) is 0 Å². The van der Waals surface area contributed by atoms with Crippen molar-refractivity contribution in [3.63, 3.8) is 0 Å². The lowest BCUT2D eigenvalue weighted by Crippen LogP contribution is -2.48. The average molecular weight is 387 g/mol. The molecule has 142 valence electrons. The summed E-state index contributed by atoms with van der Waals surface area (Å²) in [5, 5.41) is 2.79. The third-order valence-electron chi connectivity index (χ3n) is 4.45. The number of hydrogen-bond acceptors (Lipinski definition) is 4. The lowest BCUT2D eigenvalue weighted by Gasteiger charge is -2.31. The first-order valence-electron chi connectivity index (χ1n) is 8.62. The van der Waals surface area contributed by atoms with Crippen molar-refractivity contribution >= 4 is 22.3 Å². The van der Waals surface area contributed by atoms with Gasteiger partial charge in [0, 0.05) is 38.3 Å². The Labute approximate surface area is 158 Å². The van der Waals surface area contributed by atoms with E-state index >= 15 is 0 Å². The monoisotopic (exact) mass is 387 g/mol. The van der Waals surface area contributed by atoms with Crippen molar-refractivity contribution < 1.29 is 18.0 Å². The molecule has 0 atom stereocenters. The average Bonchev–Trinajstić information content (AvgIpc) is 2.73. The molecule has 1 heterocycles.